The van der Waals surface area contributed by atoms with Crippen LogP contribution in [0.2, 0.25) is 5.02 Å². The number of nitrogens with one attached hydrogen (secondary N) is 1. The van der Waals surface area contributed by atoms with Crippen molar-refractivity contribution in [2.75, 3.05) is 36.5 Å². The number of aryl methyl sites for hydroxylation is 1. The Morgan fingerprint density at radius 1 is 1.23 bits per heavy atom. The average molecular weight is 324 g/mol. The molecule has 1 aliphatic rings. The number of halogens is 2. The van der Waals surface area contributed by atoms with Crippen molar-refractivity contribution >= 4 is 29.2 Å². The first kappa shape index (κ1) is 14.9. The number of anilines is 3. The van der Waals surface area contributed by atoms with Crippen LogP contribution in [0.3, 0.4) is 0 Å². The minimum atomic E-state index is -0.465. The van der Waals surface area contributed by atoms with E-state index in [0.717, 1.165) is 13.1 Å². The van der Waals surface area contributed by atoms with Crippen LogP contribution in [0, 0.1) is 12.7 Å². The lowest BCUT2D eigenvalue weighted by Crippen LogP contribution is -2.37. The quantitative estimate of drug-likeness (QED) is 0.936. The van der Waals surface area contributed by atoms with Gasteiger partial charge in [-0.1, -0.05) is 11.6 Å². The molecule has 1 N–H and O–H groups in total. The first-order valence-corrected chi connectivity index (χ1v) is 7.27. The first-order chi connectivity index (χ1) is 10.6. The van der Waals surface area contributed by atoms with E-state index in [9.17, 15) is 4.39 Å². The van der Waals surface area contributed by atoms with Crippen LogP contribution in [-0.2, 0) is 4.74 Å². The largest absolute Gasteiger partial charge is 0.378 e. The van der Waals surface area contributed by atoms with Gasteiger partial charge in [0.1, 0.15) is 11.6 Å². The van der Waals surface area contributed by atoms with Crippen molar-refractivity contribution in [1.82, 2.24) is 15.0 Å². The molecule has 0 saturated carbocycles. The molecule has 0 unspecified atom stereocenters. The number of nitrogens with zero attached hydrogens (tertiary/aromatic N) is 4. The SMILES string of the molecule is Cc1nc(Nc2ccc(F)c(Cl)c2)nc(N2CCOCC2)n1. The predicted octanol–water partition coefficient (Wildman–Crippen LogP) is 2.55. The highest BCUT2D eigenvalue weighted by atomic mass is 35.5. The van der Waals surface area contributed by atoms with Gasteiger partial charge in [-0.2, -0.15) is 15.0 Å². The Labute approximate surface area is 132 Å². The Morgan fingerprint density at radius 3 is 2.73 bits per heavy atom. The molecular weight excluding hydrogens is 309 g/mol. The summed E-state index contributed by atoms with van der Waals surface area (Å²) in [5, 5.41) is 3.07. The molecule has 3 rings (SSSR count). The summed E-state index contributed by atoms with van der Waals surface area (Å²) in [5.74, 6) is 1.14. The van der Waals surface area contributed by atoms with Crippen LogP contribution in [-0.4, -0.2) is 41.3 Å². The molecule has 8 heteroatoms. The number of ether oxygens (including phenoxy) is 1. The smallest absolute Gasteiger partial charge is 0.232 e. The van der Waals surface area contributed by atoms with Crippen molar-refractivity contribution in [2.45, 2.75) is 6.92 Å². The lowest BCUT2D eigenvalue weighted by molar-refractivity contribution is 0.122. The molecule has 6 nitrogen and oxygen atoms in total. The van der Waals surface area contributed by atoms with Gasteiger partial charge >= 0.3 is 0 Å². The third-order valence-electron chi connectivity index (χ3n) is 3.21. The Balaban J connectivity index is 1.83. The first-order valence-electron chi connectivity index (χ1n) is 6.89. The van der Waals surface area contributed by atoms with E-state index in [-0.39, 0.29) is 5.02 Å². The molecule has 0 bridgehead atoms. The molecule has 0 amide bonds. The normalized spacial score (nSPS) is 15.0. The van der Waals surface area contributed by atoms with E-state index in [2.05, 4.69) is 20.3 Å². The van der Waals surface area contributed by atoms with Crippen LogP contribution in [0.5, 0.6) is 0 Å². The van der Waals surface area contributed by atoms with Crippen molar-refractivity contribution in [3.63, 3.8) is 0 Å². The summed E-state index contributed by atoms with van der Waals surface area (Å²) in [7, 11) is 0. The number of hydrogen-bond acceptors (Lipinski definition) is 6. The minimum absolute atomic E-state index is 0.0455. The molecule has 1 fully saturated rings. The van der Waals surface area contributed by atoms with Gasteiger partial charge in [0.25, 0.3) is 0 Å². The number of benzene rings is 1. The summed E-state index contributed by atoms with van der Waals surface area (Å²) in [6.45, 7) is 4.59. The molecule has 1 aliphatic heterocycles. The van der Waals surface area contributed by atoms with Crippen LogP contribution >= 0.6 is 11.6 Å². The Kier molecular flexibility index (Phi) is 4.35. The highest BCUT2D eigenvalue weighted by molar-refractivity contribution is 6.31. The van der Waals surface area contributed by atoms with Gasteiger partial charge in [0.15, 0.2) is 0 Å². The zero-order valence-corrected chi connectivity index (χ0v) is 12.8. The third kappa shape index (κ3) is 3.42. The van der Waals surface area contributed by atoms with Crippen molar-refractivity contribution < 1.29 is 9.13 Å². The number of aromatic nitrogens is 3. The fourth-order valence-corrected chi connectivity index (χ4v) is 2.31. The van der Waals surface area contributed by atoms with Gasteiger partial charge in [0.05, 0.1) is 18.2 Å². The van der Waals surface area contributed by atoms with Crippen LogP contribution in [0.1, 0.15) is 5.82 Å². The lowest BCUT2D eigenvalue weighted by Gasteiger charge is -2.27. The second-order valence-corrected chi connectivity index (χ2v) is 5.27. The van der Waals surface area contributed by atoms with Crippen LogP contribution in [0.25, 0.3) is 0 Å². The van der Waals surface area contributed by atoms with E-state index >= 15 is 0 Å². The maximum absolute atomic E-state index is 13.2. The van der Waals surface area contributed by atoms with Gasteiger partial charge in [-0.25, -0.2) is 4.39 Å². The Bertz CT molecular complexity index is 678. The Hall–Kier alpha value is -1.99. The van der Waals surface area contributed by atoms with Crippen LogP contribution in [0.4, 0.5) is 22.0 Å². The van der Waals surface area contributed by atoms with Gasteiger partial charge in [-0.05, 0) is 25.1 Å². The maximum atomic E-state index is 13.2. The number of rotatable bonds is 3. The molecule has 22 heavy (non-hydrogen) atoms. The number of morpholine rings is 1. The summed E-state index contributed by atoms with van der Waals surface area (Å²) in [6, 6.07) is 4.36. The van der Waals surface area contributed by atoms with Gasteiger partial charge in [-0.3, -0.25) is 0 Å². The van der Waals surface area contributed by atoms with E-state index in [1.807, 2.05) is 4.90 Å². The number of hydrogen-bond donors (Lipinski definition) is 1. The Morgan fingerprint density at radius 2 is 2.00 bits per heavy atom. The van der Waals surface area contributed by atoms with E-state index in [4.69, 9.17) is 16.3 Å². The molecule has 1 saturated heterocycles. The van der Waals surface area contributed by atoms with Crippen molar-refractivity contribution in [1.29, 1.82) is 0 Å². The van der Waals surface area contributed by atoms with Crippen molar-refractivity contribution in [3.8, 4) is 0 Å². The maximum Gasteiger partial charge on any atom is 0.232 e. The van der Waals surface area contributed by atoms with Crippen LogP contribution in [0.15, 0.2) is 18.2 Å². The van der Waals surface area contributed by atoms with E-state index in [0.29, 0.717) is 36.6 Å². The van der Waals surface area contributed by atoms with E-state index in [1.54, 1.807) is 13.0 Å². The summed E-state index contributed by atoms with van der Waals surface area (Å²) in [4.78, 5) is 15.0. The minimum Gasteiger partial charge on any atom is -0.378 e. The highest BCUT2D eigenvalue weighted by Crippen LogP contribution is 2.22. The highest BCUT2D eigenvalue weighted by Gasteiger charge is 2.15. The summed E-state index contributed by atoms with van der Waals surface area (Å²) in [6.07, 6.45) is 0. The van der Waals surface area contributed by atoms with Gasteiger partial charge in [0, 0.05) is 18.8 Å². The van der Waals surface area contributed by atoms with Crippen molar-refractivity contribution in [2.24, 2.45) is 0 Å². The van der Waals surface area contributed by atoms with Gasteiger partial charge in [0.2, 0.25) is 11.9 Å². The van der Waals surface area contributed by atoms with E-state index < -0.39 is 5.82 Å². The second-order valence-electron chi connectivity index (χ2n) is 4.86. The van der Waals surface area contributed by atoms with E-state index in [1.165, 1.54) is 12.1 Å². The molecular formula is C14H15ClFN5O. The lowest BCUT2D eigenvalue weighted by atomic mass is 10.3. The average Bonchev–Trinajstić information content (AvgIpc) is 2.51. The van der Waals surface area contributed by atoms with Gasteiger partial charge < -0.3 is 15.0 Å². The summed E-state index contributed by atoms with van der Waals surface area (Å²) in [5.41, 5.74) is 0.616. The zero-order chi connectivity index (χ0) is 15.5. The summed E-state index contributed by atoms with van der Waals surface area (Å²) >= 11 is 5.77. The third-order valence-corrected chi connectivity index (χ3v) is 3.49. The molecule has 0 radical (unpaired) electrons. The second kappa shape index (κ2) is 6.41. The topological polar surface area (TPSA) is 63.2 Å². The van der Waals surface area contributed by atoms with Gasteiger partial charge in [-0.15, -0.1) is 0 Å². The molecule has 1 aromatic heterocycles. The predicted molar refractivity (Wildman–Crippen MR) is 82.3 cm³/mol. The monoisotopic (exact) mass is 323 g/mol. The molecule has 1 aromatic carbocycles. The molecule has 2 heterocycles. The molecule has 0 spiro atoms. The zero-order valence-electron chi connectivity index (χ0n) is 12.0. The standard InChI is InChI=1S/C14H15ClFN5O/c1-9-17-13(19-10-2-3-12(16)11(15)8-10)20-14(18-9)21-4-6-22-7-5-21/h2-3,8H,4-7H2,1H3,(H,17,18,19,20). The van der Waals surface area contributed by atoms with Crippen LogP contribution < -0.4 is 10.2 Å². The fourth-order valence-electron chi connectivity index (χ4n) is 2.13. The molecule has 116 valence electrons. The molecule has 2 aromatic rings. The molecule has 0 aliphatic carbocycles. The molecule has 0 atom stereocenters. The summed E-state index contributed by atoms with van der Waals surface area (Å²) < 4.78 is 18.5. The van der Waals surface area contributed by atoms with Crippen molar-refractivity contribution in [3.05, 3.63) is 34.9 Å². The fraction of sp³-hybridized carbons (Fsp3) is 0.357.